The zero-order valence-corrected chi connectivity index (χ0v) is 13.9. The second kappa shape index (κ2) is 7.25. The predicted molar refractivity (Wildman–Crippen MR) is 90.7 cm³/mol. The molecule has 3 rings (SSSR count). The highest BCUT2D eigenvalue weighted by molar-refractivity contribution is 5.78. The Morgan fingerprint density at radius 2 is 1.88 bits per heavy atom. The van der Waals surface area contributed by atoms with Gasteiger partial charge >= 0.3 is 0 Å². The Bertz CT molecular complexity index is 742. The van der Waals surface area contributed by atoms with Gasteiger partial charge in [0.05, 0.1) is 27.2 Å². The van der Waals surface area contributed by atoms with Crippen molar-refractivity contribution in [2.45, 2.75) is 19.4 Å². The maximum absolute atomic E-state index is 12.2. The lowest BCUT2D eigenvalue weighted by atomic mass is 10.1. The second-order valence-electron chi connectivity index (χ2n) is 5.68. The smallest absolute Gasteiger partial charge is 0.224 e. The molecule has 5 heteroatoms. The molecule has 0 aliphatic carbocycles. The predicted octanol–water partition coefficient (Wildman–Crippen LogP) is 2.50. The summed E-state index contributed by atoms with van der Waals surface area (Å²) in [7, 11) is 3.17. The van der Waals surface area contributed by atoms with Crippen molar-refractivity contribution in [2.75, 3.05) is 20.8 Å². The third-order valence-electron chi connectivity index (χ3n) is 4.06. The van der Waals surface area contributed by atoms with Crippen LogP contribution in [0.15, 0.2) is 36.4 Å². The number of hydrogen-bond donors (Lipinski definition) is 1. The molecule has 1 amide bonds. The van der Waals surface area contributed by atoms with Crippen LogP contribution in [0.2, 0.25) is 0 Å². The summed E-state index contributed by atoms with van der Waals surface area (Å²) in [6, 6.07) is 11.6. The van der Waals surface area contributed by atoms with Crippen molar-refractivity contribution in [1.29, 1.82) is 0 Å². The molecule has 0 atom stereocenters. The number of amides is 1. The topological polar surface area (TPSA) is 56.8 Å². The summed E-state index contributed by atoms with van der Waals surface area (Å²) < 4.78 is 16.0. The van der Waals surface area contributed by atoms with Crippen LogP contribution in [0.1, 0.15) is 16.7 Å². The van der Waals surface area contributed by atoms with E-state index in [1.165, 1.54) is 5.56 Å². The van der Waals surface area contributed by atoms with Crippen LogP contribution in [0.3, 0.4) is 0 Å². The van der Waals surface area contributed by atoms with Gasteiger partial charge in [-0.3, -0.25) is 4.79 Å². The first kappa shape index (κ1) is 16.2. The number of rotatable bonds is 6. The fraction of sp³-hybridized carbons (Fsp3) is 0.316. The van der Waals surface area contributed by atoms with Crippen LogP contribution < -0.4 is 19.5 Å². The summed E-state index contributed by atoms with van der Waals surface area (Å²) in [5, 5.41) is 2.95. The van der Waals surface area contributed by atoms with Crippen molar-refractivity contribution in [3.05, 3.63) is 53.1 Å². The summed E-state index contributed by atoms with van der Waals surface area (Å²) >= 11 is 0. The zero-order chi connectivity index (χ0) is 16.9. The molecular weight excluding hydrogens is 306 g/mol. The van der Waals surface area contributed by atoms with E-state index >= 15 is 0 Å². The highest BCUT2D eigenvalue weighted by Crippen LogP contribution is 2.28. The largest absolute Gasteiger partial charge is 0.493 e. The molecule has 0 saturated carbocycles. The van der Waals surface area contributed by atoms with Crippen molar-refractivity contribution in [1.82, 2.24) is 5.32 Å². The highest BCUT2D eigenvalue weighted by Gasteiger charge is 2.12. The summed E-state index contributed by atoms with van der Waals surface area (Å²) in [5.74, 6) is 2.21. The minimum absolute atomic E-state index is 0.0287. The fourth-order valence-electron chi connectivity index (χ4n) is 2.79. The number of ether oxygens (including phenoxy) is 3. The minimum Gasteiger partial charge on any atom is -0.493 e. The van der Waals surface area contributed by atoms with Crippen LogP contribution in [0.5, 0.6) is 17.2 Å². The van der Waals surface area contributed by atoms with Gasteiger partial charge in [-0.2, -0.15) is 0 Å². The number of nitrogens with one attached hydrogen (secondary N) is 1. The second-order valence-corrected chi connectivity index (χ2v) is 5.68. The Kier molecular flexibility index (Phi) is 4.89. The van der Waals surface area contributed by atoms with Gasteiger partial charge < -0.3 is 19.5 Å². The van der Waals surface area contributed by atoms with Crippen LogP contribution >= 0.6 is 0 Å². The summed E-state index contributed by atoms with van der Waals surface area (Å²) in [6.07, 6.45) is 1.23. The Morgan fingerprint density at radius 1 is 1.08 bits per heavy atom. The van der Waals surface area contributed by atoms with Crippen LogP contribution in [-0.4, -0.2) is 26.7 Å². The molecule has 1 N–H and O–H groups in total. The quantitative estimate of drug-likeness (QED) is 0.886. The van der Waals surface area contributed by atoms with Crippen molar-refractivity contribution in [2.24, 2.45) is 0 Å². The third kappa shape index (κ3) is 3.62. The van der Waals surface area contributed by atoms with Gasteiger partial charge in [-0.05, 0) is 34.9 Å². The van der Waals surface area contributed by atoms with E-state index in [2.05, 4.69) is 11.4 Å². The Hall–Kier alpha value is -2.69. The number of hydrogen-bond acceptors (Lipinski definition) is 4. The Balaban J connectivity index is 1.58. The maximum atomic E-state index is 12.2. The lowest BCUT2D eigenvalue weighted by Crippen LogP contribution is -2.24. The summed E-state index contributed by atoms with van der Waals surface area (Å²) in [6.45, 7) is 1.25. The van der Waals surface area contributed by atoms with Gasteiger partial charge in [0.25, 0.3) is 0 Å². The number of benzene rings is 2. The van der Waals surface area contributed by atoms with Crippen LogP contribution in [0, 0.1) is 0 Å². The van der Waals surface area contributed by atoms with Crippen molar-refractivity contribution < 1.29 is 19.0 Å². The molecule has 0 radical (unpaired) electrons. The van der Waals surface area contributed by atoms with Crippen molar-refractivity contribution in [3.8, 4) is 17.2 Å². The van der Waals surface area contributed by atoms with Gasteiger partial charge in [0.1, 0.15) is 5.75 Å². The van der Waals surface area contributed by atoms with E-state index in [-0.39, 0.29) is 5.91 Å². The highest BCUT2D eigenvalue weighted by atomic mass is 16.5. The summed E-state index contributed by atoms with van der Waals surface area (Å²) in [5.41, 5.74) is 3.18. The van der Waals surface area contributed by atoms with E-state index in [4.69, 9.17) is 14.2 Å². The van der Waals surface area contributed by atoms with Gasteiger partial charge in [0.15, 0.2) is 11.5 Å². The average molecular weight is 327 g/mol. The lowest BCUT2D eigenvalue weighted by Gasteiger charge is -2.10. The molecule has 126 valence electrons. The van der Waals surface area contributed by atoms with E-state index in [1.54, 1.807) is 14.2 Å². The molecule has 1 aliphatic rings. The Labute approximate surface area is 141 Å². The first-order valence-electron chi connectivity index (χ1n) is 7.92. The van der Waals surface area contributed by atoms with Crippen molar-refractivity contribution in [3.63, 3.8) is 0 Å². The molecule has 1 heterocycles. The standard InChI is InChI=1S/C19H21NO4/c1-22-17-6-3-13(10-18(17)23-2)11-19(21)20-12-14-4-5-16-15(9-14)7-8-24-16/h3-6,9-10H,7-8,11-12H2,1-2H3,(H,20,21). The van der Waals surface area contributed by atoms with E-state index < -0.39 is 0 Å². The van der Waals surface area contributed by atoms with Gasteiger partial charge in [-0.25, -0.2) is 0 Å². The molecule has 0 saturated heterocycles. The molecular formula is C19H21NO4. The Morgan fingerprint density at radius 3 is 2.67 bits per heavy atom. The molecule has 0 aromatic heterocycles. The third-order valence-corrected chi connectivity index (χ3v) is 4.06. The molecule has 2 aromatic rings. The van der Waals surface area contributed by atoms with E-state index in [1.807, 2.05) is 30.3 Å². The van der Waals surface area contributed by atoms with Gasteiger partial charge in [-0.15, -0.1) is 0 Å². The van der Waals surface area contributed by atoms with Crippen LogP contribution in [0.25, 0.3) is 0 Å². The molecule has 24 heavy (non-hydrogen) atoms. The van der Waals surface area contributed by atoms with E-state index in [0.29, 0.717) is 24.5 Å². The SMILES string of the molecule is COc1ccc(CC(=O)NCc2ccc3c(c2)CCO3)cc1OC. The van der Waals surface area contributed by atoms with E-state index in [9.17, 15) is 4.79 Å². The molecule has 0 spiro atoms. The van der Waals surface area contributed by atoms with Crippen LogP contribution in [-0.2, 0) is 24.2 Å². The normalized spacial score (nSPS) is 12.2. The zero-order valence-electron chi connectivity index (χ0n) is 13.9. The first-order valence-corrected chi connectivity index (χ1v) is 7.92. The molecule has 0 bridgehead atoms. The molecule has 5 nitrogen and oxygen atoms in total. The summed E-state index contributed by atoms with van der Waals surface area (Å²) in [4.78, 5) is 12.2. The van der Waals surface area contributed by atoms with Gasteiger partial charge in [0, 0.05) is 13.0 Å². The fourth-order valence-corrected chi connectivity index (χ4v) is 2.79. The number of fused-ring (bicyclic) bond motifs is 1. The minimum atomic E-state index is -0.0287. The lowest BCUT2D eigenvalue weighted by molar-refractivity contribution is -0.120. The monoisotopic (exact) mass is 327 g/mol. The van der Waals surface area contributed by atoms with Crippen molar-refractivity contribution >= 4 is 5.91 Å². The number of carbonyl (C=O) groups is 1. The molecule has 0 unspecified atom stereocenters. The first-order chi connectivity index (χ1) is 11.7. The molecule has 2 aromatic carbocycles. The van der Waals surface area contributed by atoms with Crippen LogP contribution in [0.4, 0.5) is 0 Å². The number of carbonyl (C=O) groups excluding carboxylic acids is 1. The van der Waals surface area contributed by atoms with E-state index in [0.717, 1.165) is 29.9 Å². The van der Waals surface area contributed by atoms with Gasteiger partial charge in [-0.1, -0.05) is 18.2 Å². The van der Waals surface area contributed by atoms with Gasteiger partial charge in [0.2, 0.25) is 5.91 Å². The average Bonchev–Trinajstić information content (AvgIpc) is 3.07. The molecule has 1 aliphatic heterocycles. The number of methoxy groups -OCH3 is 2. The maximum Gasteiger partial charge on any atom is 0.224 e. The molecule has 0 fully saturated rings.